The predicted molar refractivity (Wildman–Crippen MR) is 118 cm³/mol. The molecule has 5 heteroatoms. The molecular weight excluding hydrogens is 363 g/mol. The van der Waals surface area contributed by atoms with Gasteiger partial charge in [-0.05, 0) is 42.7 Å². The minimum Gasteiger partial charge on any atom is -0.504 e. The molecule has 0 saturated heterocycles. The van der Waals surface area contributed by atoms with Crippen LogP contribution in [0.15, 0.2) is 42.5 Å². The van der Waals surface area contributed by atoms with Crippen LogP contribution in [0.1, 0.15) is 76.7 Å². The van der Waals surface area contributed by atoms with Gasteiger partial charge in [-0.15, -0.1) is 0 Å². The maximum absolute atomic E-state index is 10.1. The number of fused-ring (bicyclic) bond motifs is 1. The second-order valence-electron chi connectivity index (χ2n) is 7.82. The molecule has 0 bridgehead atoms. The first kappa shape index (κ1) is 21.4. The molecule has 1 aliphatic rings. The third-order valence-electron chi connectivity index (χ3n) is 5.36. The van der Waals surface area contributed by atoms with Crippen LogP contribution in [0.2, 0.25) is 0 Å². The molecule has 0 atom stereocenters. The fourth-order valence-electron chi connectivity index (χ4n) is 3.65. The van der Waals surface area contributed by atoms with E-state index in [1.807, 2.05) is 36.4 Å². The van der Waals surface area contributed by atoms with E-state index in [9.17, 15) is 5.11 Å². The van der Waals surface area contributed by atoms with Gasteiger partial charge in [0.1, 0.15) is 17.2 Å². The van der Waals surface area contributed by atoms with Gasteiger partial charge in [-0.3, -0.25) is 0 Å². The number of hydrogen-bond acceptors (Lipinski definition) is 4. The molecule has 0 spiro atoms. The molecule has 156 valence electrons. The summed E-state index contributed by atoms with van der Waals surface area (Å²) in [7, 11) is -0.870. The van der Waals surface area contributed by atoms with Gasteiger partial charge in [0.15, 0.2) is 5.75 Å². The molecule has 0 unspecified atom stereocenters. The lowest BCUT2D eigenvalue weighted by molar-refractivity contribution is 0.337. The van der Waals surface area contributed by atoms with E-state index in [2.05, 4.69) is 6.92 Å². The number of aryl methyl sites for hydroxylation is 1. The van der Waals surface area contributed by atoms with E-state index in [0.29, 0.717) is 17.2 Å². The molecule has 1 aliphatic heterocycles. The summed E-state index contributed by atoms with van der Waals surface area (Å²) in [6, 6.07) is 13.0. The number of aromatic hydroxyl groups is 1. The van der Waals surface area contributed by atoms with Crippen LogP contribution in [0.3, 0.4) is 0 Å². The van der Waals surface area contributed by atoms with Gasteiger partial charge in [0, 0.05) is 0 Å². The van der Waals surface area contributed by atoms with Crippen LogP contribution in [-0.4, -0.2) is 12.4 Å². The van der Waals surface area contributed by atoms with Gasteiger partial charge in [0.05, 0.1) is 0 Å². The first-order valence-corrected chi connectivity index (χ1v) is 11.2. The van der Waals surface area contributed by atoms with Crippen molar-refractivity contribution in [2.75, 3.05) is 0 Å². The summed E-state index contributed by atoms with van der Waals surface area (Å²) in [6.45, 7) is 2.26. The highest BCUT2D eigenvalue weighted by Crippen LogP contribution is 2.35. The van der Waals surface area contributed by atoms with Gasteiger partial charge >= 0.3 is 7.32 Å². The number of phenolic OH excluding ortho intramolecular Hbond substituents is 1. The van der Waals surface area contributed by atoms with Crippen molar-refractivity contribution in [3.63, 3.8) is 0 Å². The molecule has 0 fully saturated rings. The van der Waals surface area contributed by atoms with E-state index >= 15 is 0 Å². The Balaban J connectivity index is 1.35. The van der Waals surface area contributed by atoms with Gasteiger partial charge in [0.2, 0.25) is 0 Å². The lowest BCUT2D eigenvalue weighted by Gasteiger charge is -2.11. The highest BCUT2D eigenvalue weighted by Gasteiger charge is 2.38. The van der Waals surface area contributed by atoms with Crippen LogP contribution in [0.4, 0.5) is 0 Å². The van der Waals surface area contributed by atoms with Crippen LogP contribution < -0.4 is 14.0 Å². The van der Waals surface area contributed by atoms with Crippen molar-refractivity contribution in [2.45, 2.75) is 77.6 Å². The van der Waals surface area contributed by atoms with Crippen molar-refractivity contribution in [1.29, 1.82) is 0 Å². The van der Waals surface area contributed by atoms with Gasteiger partial charge in [-0.2, -0.15) is 0 Å². The highest BCUT2D eigenvalue weighted by atomic mass is 16.8. The van der Waals surface area contributed by atoms with E-state index in [0.717, 1.165) is 18.4 Å². The quantitative estimate of drug-likeness (QED) is 0.303. The normalized spacial score (nSPS) is 12.4. The van der Waals surface area contributed by atoms with Crippen LogP contribution in [-0.2, 0) is 6.42 Å². The predicted octanol–water partition coefficient (Wildman–Crippen LogP) is 6.69. The van der Waals surface area contributed by atoms with Crippen molar-refractivity contribution >= 4 is 7.32 Å². The van der Waals surface area contributed by atoms with Crippen molar-refractivity contribution < 1.29 is 19.1 Å². The number of para-hydroxylation sites is 2. The third-order valence-corrected chi connectivity index (χ3v) is 5.36. The summed E-state index contributed by atoms with van der Waals surface area (Å²) in [5.41, 5.74) is 1.16. The van der Waals surface area contributed by atoms with Gasteiger partial charge < -0.3 is 19.1 Å². The van der Waals surface area contributed by atoms with E-state index in [-0.39, 0.29) is 5.75 Å². The largest absolute Gasteiger partial charge is 0.864 e. The van der Waals surface area contributed by atoms with Crippen molar-refractivity contribution in [3.8, 4) is 23.0 Å². The second kappa shape index (κ2) is 11.6. The molecule has 29 heavy (non-hydrogen) atoms. The summed E-state index contributed by atoms with van der Waals surface area (Å²) >= 11 is 0. The van der Waals surface area contributed by atoms with Crippen molar-refractivity contribution in [3.05, 3.63) is 48.0 Å². The molecule has 1 N–H and O–H groups in total. The zero-order valence-corrected chi connectivity index (χ0v) is 17.6. The lowest BCUT2D eigenvalue weighted by Crippen LogP contribution is -2.32. The number of unbranched alkanes of at least 4 members (excludes halogenated alkanes) is 9. The number of benzene rings is 2. The van der Waals surface area contributed by atoms with Gasteiger partial charge in [-0.25, -0.2) is 0 Å². The number of hydrogen-bond donors (Lipinski definition) is 1. The average molecular weight is 396 g/mol. The molecule has 0 amide bonds. The maximum atomic E-state index is 10.1. The summed E-state index contributed by atoms with van der Waals surface area (Å²) < 4.78 is 17.0. The highest BCUT2D eigenvalue weighted by molar-refractivity contribution is 6.41. The van der Waals surface area contributed by atoms with E-state index in [1.54, 1.807) is 6.07 Å². The molecule has 4 nitrogen and oxygen atoms in total. The first-order chi connectivity index (χ1) is 14.3. The fourth-order valence-corrected chi connectivity index (χ4v) is 3.65. The van der Waals surface area contributed by atoms with E-state index < -0.39 is 7.32 Å². The van der Waals surface area contributed by atoms with Crippen LogP contribution in [0.25, 0.3) is 0 Å². The lowest BCUT2D eigenvalue weighted by atomic mass is 10.0. The Labute approximate surface area is 175 Å². The standard InChI is InChI=1S/C24H33BO4/c1-2-3-4-5-6-7-8-9-10-11-14-20-17-18-21(26)24(19-20)29-25-27-22-15-12-13-16-23(22)28-25/h12-13,15-19,26H,2-11,14H2,1H3. The molecule has 2 aromatic carbocycles. The van der Waals surface area contributed by atoms with Gasteiger partial charge in [-0.1, -0.05) is 82.9 Å². The molecule has 0 aliphatic carbocycles. The molecule has 1 heterocycles. The Morgan fingerprint density at radius 1 is 0.793 bits per heavy atom. The smallest absolute Gasteiger partial charge is 0.504 e. The number of rotatable bonds is 13. The molecule has 2 aromatic rings. The van der Waals surface area contributed by atoms with Crippen LogP contribution in [0, 0.1) is 0 Å². The Kier molecular flexibility index (Phi) is 8.60. The molecule has 3 rings (SSSR count). The number of phenols is 1. The van der Waals surface area contributed by atoms with Crippen molar-refractivity contribution in [1.82, 2.24) is 0 Å². The van der Waals surface area contributed by atoms with Crippen LogP contribution in [0.5, 0.6) is 23.0 Å². The zero-order chi connectivity index (χ0) is 20.3. The summed E-state index contributed by atoms with van der Waals surface area (Å²) in [5.74, 6) is 1.80. The molecular formula is C24H33BO4. The maximum Gasteiger partial charge on any atom is 0.864 e. The van der Waals surface area contributed by atoms with Crippen molar-refractivity contribution in [2.24, 2.45) is 0 Å². The fraction of sp³-hybridized carbons (Fsp3) is 0.500. The van der Waals surface area contributed by atoms with Crippen LogP contribution >= 0.6 is 0 Å². The molecule has 0 radical (unpaired) electrons. The van der Waals surface area contributed by atoms with E-state index in [4.69, 9.17) is 14.0 Å². The van der Waals surface area contributed by atoms with E-state index in [1.165, 1.54) is 57.8 Å². The summed E-state index contributed by atoms with van der Waals surface area (Å²) in [4.78, 5) is 0. The van der Waals surface area contributed by atoms with Gasteiger partial charge in [0.25, 0.3) is 0 Å². The average Bonchev–Trinajstić information content (AvgIpc) is 3.14. The second-order valence-corrected chi connectivity index (χ2v) is 7.82. The Hall–Kier alpha value is -2.30. The zero-order valence-electron chi connectivity index (χ0n) is 17.6. The summed E-state index contributed by atoms with van der Waals surface area (Å²) in [5, 5.41) is 10.1. The Bertz CT molecular complexity index is 724. The summed E-state index contributed by atoms with van der Waals surface area (Å²) in [6.07, 6.45) is 14.3. The Morgan fingerprint density at radius 3 is 2.00 bits per heavy atom. The molecule has 0 saturated carbocycles. The first-order valence-electron chi connectivity index (χ1n) is 11.2. The monoisotopic (exact) mass is 396 g/mol. The topological polar surface area (TPSA) is 47.9 Å². The minimum absolute atomic E-state index is 0.0972. The Morgan fingerprint density at radius 2 is 1.38 bits per heavy atom. The minimum atomic E-state index is -0.870. The third kappa shape index (κ3) is 6.91. The molecule has 0 aromatic heterocycles. The SMILES string of the molecule is CCCCCCCCCCCCc1ccc(O)c(OB2Oc3ccccc3O2)c1.